The van der Waals surface area contributed by atoms with Crippen molar-refractivity contribution in [3.05, 3.63) is 17.4 Å². The molecule has 2 aromatic rings. The fourth-order valence-corrected chi connectivity index (χ4v) is 2.03. The number of aromatic nitrogens is 2. The fourth-order valence-electron chi connectivity index (χ4n) is 1.85. The van der Waals surface area contributed by atoms with Gasteiger partial charge in [0, 0.05) is 18.0 Å². The van der Waals surface area contributed by atoms with Crippen LogP contribution >= 0.6 is 11.6 Å². The molecule has 0 bridgehead atoms. The number of nitrogens with zero attached hydrogens (tertiary/aromatic N) is 2. The monoisotopic (exact) mass is 311 g/mol. The minimum atomic E-state index is -0.897. The van der Waals surface area contributed by atoms with Gasteiger partial charge in [0.05, 0.1) is 26.2 Å². The van der Waals surface area contributed by atoms with Gasteiger partial charge in [-0.1, -0.05) is 0 Å². The van der Waals surface area contributed by atoms with Crippen molar-refractivity contribution in [2.75, 3.05) is 26.1 Å². The normalized spacial score (nSPS) is 10.4. The molecular weight excluding hydrogens is 298 g/mol. The van der Waals surface area contributed by atoms with Crippen LogP contribution in [0.3, 0.4) is 0 Å². The number of hydrogen-bond donors (Lipinski definition) is 2. The van der Waals surface area contributed by atoms with E-state index in [0.717, 1.165) is 0 Å². The number of anilines is 1. The molecule has 0 saturated carbocycles. The molecule has 0 amide bonds. The lowest BCUT2D eigenvalue weighted by Crippen LogP contribution is -2.09. The average Bonchev–Trinajstić information content (AvgIpc) is 2.45. The predicted molar refractivity (Wildman–Crippen MR) is 78.4 cm³/mol. The molecule has 0 aliphatic rings. The largest absolute Gasteiger partial charge is 0.493 e. The number of fused-ring (bicyclic) bond motifs is 1. The summed E-state index contributed by atoms with van der Waals surface area (Å²) in [5, 5.41) is 12.3. The van der Waals surface area contributed by atoms with Crippen molar-refractivity contribution in [1.29, 1.82) is 0 Å². The first-order valence-electron chi connectivity index (χ1n) is 6.10. The van der Waals surface area contributed by atoms with E-state index < -0.39 is 5.97 Å². The van der Waals surface area contributed by atoms with Gasteiger partial charge in [-0.3, -0.25) is 4.79 Å². The van der Waals surface area contributed by atoms with Gasteiger partial charge in [-0.05, 0) is 17.7 Å². The number of carboxylic acid groups (broad SMARTS) is 1. The van der Waals surface area contributed by atoms with Gasteiger partial charge in [-0.15, -0.1) is 0 Å². The number of aliphatic carboxylic acids is 1. The Kier molecular flexibility index (Phi) is 4.64. The van der Waals surface area contributed by atoms with Crippen molar-refractivity contribution >= 4 is 34.3 Å². The summed E-state index contributed by atoms with van der Waals surface area (Å²) in [6.07, 6.45) is -0.0313. The standard InChI is InChI=1S/C13H14ClN3O4/c1-20-9-5-7-8(6-10(9)21-2)16-13(14)17-12(7)15-4-3-11(18)19/h5-6H,3-4H2,1-2H3,(H,18,19)(H,15,16,17). The van der Waals surface area contributed by atoms with E-state index in [1.807, 2.05) is 0 Å². The van der Waals surface area contributed by atoms with E-state index in [1.54, 1.807) is 12.1 Å². The zero-order valence-electron chi connectivity index (χ0n) is 11.5. The van der Waals surface area contributed by atoms with Gasteiger partial charge < -0.3 is 19.9 Å². The predicted octanol–water partition coefficient (Wildman–Crippen LogP) is 2.19. The number of carbonyl (C=O) groups is 1. The first-order valence-corrected chi connectivity index (χ1v) is 6.48. The SMILES string of the molecule is COc1cc2nc(Cl)nc(NCCC(=O)O)c2cc1OC. The number of ether oxygens (including phenoxy) is 2. The Morgan fingerprint density at radius 1 is 1.29 bits per heavy atom. The maximum atomic E-state index is 10.6. The molecule has 0 radical (unpaired) electrons. The van der Waals surface area contributed by atoms with Crippen LogP contribution in [0.25, 0.3) is 10.9 Å². The molecule has 112 valence electrons. The van der Waals surface area contributed by atoms with Crippen molar-refractivity contribution in [3.63, 3.8) is 0 Å². The van der Waals surface area contributed by atoms with Crippen LogP contribution in [0.1, 0.15) is 6.42 Å². The van der Waals surface area contributed by atoms with Gasteiger partial charge in [0.25, 0.3) is 0 Å². The van der Waals surface area contributed by atoms with Crippen molar-refractivity contribution in [3.8, 4) is 11.5 Å². The molecule has 0 spiro atoms. The van der Waals surface area contributed by atoms with E-state index in [0.29, 0.717) is 28.2 Å². The summed E-state index contributed by atoms with van der Waals surface area (Å²) >= 11 is 5.88. The molecule has 0 aliphatic heterocycles. The van der Waals surface area contributed by atoms with Crippen molar-refractivity contribution in [1.82, 2.24) is 9.97 Å². The third-order valence-electron chi connectivity index (χ3n) is 2.81. The smallest absolute Gasteiger partial charge is 0.305 e. The lowest BCUT2D eigenvalue weighted by atomic mass is 10.2. The van der Waals surface area contributed by atoms with E-state index in [2.05, 4.69) is 15.3 Å². The van der Waals surface area contributed by atoms with Gasteiger partial charge in [-0.2, -0.15) is 0 Å². The van der Waals surface area contributed by atoms with E-state index in [-0.39, 0.29) is 18.2 Å². The molecule has 2 N–H and O–H groups in total. The van der Waals surface area contributed by atoms with E-state index >= 15 is 0 Å². The highest BCUT2D eigenvalue weighted by atomic mass is 35.5. The average molecular weight is 312 g/mol. The second-order valence-electron chi connectivity index (χ2n) is 4.14. The number of benzene rings is 1. The third-order valence-corrected chi connectivity index (χ3v) is 2.97. The number of nitrogens with one attached hydrogen (secondary N) is 1. The van der Waals surface area contributed by atoms with E-state index in [1.165, 1.54) is 14.2 Å². The molecule has 0 saturated heterocycles. The van der Waals surface area contributed by atoms with Crippen LogP contribution in [0, 0.1) is 0 Å². The third kappa shape index (κ3) is 3.43. The summed E-state index contributed by atoms with van der Waals surface area (Å²) in [6, 6.07) is 3.40. The van der Waals surface area contributed by atoms with Crippen LogP contribution in [0.4, 0.5) is 5.82 Å². The highest BCUT2D eigenvalue weighted by Gasteiger charge is 2.12. The summed E-state index contributed by atoms with van der Waals surface area (Å²) in [5.74, 6) is 0.604. The lowest BCUT2D eigenvalue weighted by molar-refractivity contribution is -0.136. The molecule has 0 atom stereocenters. The Bertz CT molecular complexity index is 678. The summed E-state index contributed by atoms with van der Waals surface area (Å²) in [7, 11) is 3.05. The van der Waals surface area contributed by atoms with Gasteiger partial charge >= 0.3 is 5.97 Å². The highest BCUT2D eigenvalue weighted by molar-refractivity contribution is 6.28. The van der Waals surface area contributed by atoms with Crippen molar-refractivity contribution < 1.29 is 19.4 Å². The van der Waals surface area contributed by atoms with Gasteiger partial charge in [0.15, 0.2) is 11.5 Å². The number of carboxylic acids is 1. The molecule has 0 fully saturated rings. The minimum Gasteiger partial charge on any atom is -0.493 e. The van der Waals surface area contributed by atoms with Crippen molar-refractivity contribution in [2.24, 2.45) is 0 Å². The molecular formula is C13H14ClN3O4. The van der Waals surface area contributed by atoms with Crippen LogP contribution in [0.15, 0.2) is 12.1 Å². The minimum absolute atomic E-state index is 0.0313. The molecule has 8 heteroatoms. The van der Waals surface area contributed by atoms with Crippen LogP contribution in [0.5, 0.6) is 11.5 Å². The Morgan fingerprint density at radius 3 is 2.57 bits per heavy atom. The molecule has 0 aliphatic carbocycles. The van der Waals surface area contributed by atoms with Crippen LogP contribution < -0.4 is 14.8 Å². The Balaban J connectivity index is 2.46. The number of hydrogen-bond acceptors (Lipinski definition) is 6. The van der Waals surface area contributed by atoms with Gasteiger partial charge in [-0.25, -0.2) is 9.97 Å². The zero-order valence-corrected chi connectivity index (χ0v) is 12.3. The molecule has 7 nitrogen and oxygen atoms in total. The fraction of sp³-hybridized carbons (Fsp3) is 0.308. The first-order chi connectivity index (χ1) is 10.0. The van der Waals surface area contributed by atoms with E-state index in [9.17, 15) is 4.79 Å². The first kappa shape index (κ1) is 15.1. The van der Waals surface area contributed by atoms with Crippen molar-refractivity contribution in [2.45, 2.75) is 6.42 Å². The van der Waals surface area contributed by atoms with Crippen LogP contribution in [-0.2, 0) is 4.79 Å². The van der Waals surface area contributed by atoms with Gasteiger partial charge in [0.1, 0.15) is 5.82 Å². The number of halogens is 1. The Morgan fingerprint density at radius 2 is 1.95 bits per heavy atom. The molecule has 21 heavy (non-hydrogen) atoms. The zero-order chi connectivity index (χ0) is 15.4. The summed E-state index contributed by atoms with van der Waals surface area (Å²) in [5.41, 5.74) is 0.575. The second-order valence-corrected chi connectivity index (χ2v) is 4.47. The maximum Gasteiger partial charge on any atom is 0.305 e. The molecule has 1 heterocycles. The highest BCUT2D eigenvalue weighted by Crippen LogP contribution is 2.34. The molecule has 0 unspecified atom stereocenters. The summed E-state index contributed by atoms with van der Waals surface area (Å²) < 4.78 is 10.4. The van der Waals surface area contributed by atoms with Gasteiger partial charge in [0.2, 0.25) is 5.28 Å². The van der Waals surface area contributed by atoms with Crippen LogP contribution in [-0.4, -0.2) is 41.8 Å². The summed E-state index contributed by atoms with van der Waals surface area (Å²) in [6.45, 7) is 0.228. The molecule has 2 rings (SSSR count). The molecule has 1 aromatic heterocycles. The maximum absolute atomic E-state index is 10.6. The Hall–Kier alpha value is -2.28. The number of rotatable bonds is 6. The lowest BCUT2D eigenvalue weighted by Gasteiger charge is -2.12. The molecule has 1 aromatic carbocycles. The topological polar surface area (TPSA) is 93.6 Å². The van der Waals surface area contributed by atoms with E-state index in [4.69, 9.17) is 26.2 Å². The second kappa shape index (κ2) is 6.45. The summed E-state index contributed by atoms with van der Waals surface area (Å²) in [4.78, 5) is 18.8. The quantitative estimate of drug-likeness (QED) is 0.790. The Labute approximate surface area is 125 Å². The number of methoxy groups -OCH3 is 2. The van der Waals surface area contributed by atoms with Crippen LogP contribution in [0.2, 0.25) is 5.28 Å².